The molecule has 9 nitrogen and oxygen atoms in total. The first-order valence-corrected chi connectivity index (χ1v) is 8.27. The highest BCUT2D eigenvalue weighted by Gasteiger charge is 2.29. The summed E-state index contributed by atoms with van der Waals surface area (Å²) in [4.78, 5) is 12.4. The number of carbonyl (C=O) groups excluding carboxylic acids is 1. The molecule has 0 bridgehead atoms. The van der Waals surface area contributed by atoms with Gasteiger partial charge in [0, 0.05) is 16.8 Å². The van der Waals surface area contributed by atoms with Gasteiger partial charge in [0.2, 0.25) is 6.79 Å². The van der Waals surface area contributed by atoms with Crippen LogP contribution in [0.4, 0.5) is 5.69 Å². The zero-order chi connectivity index (χ0) is 20.0. The normalized spacial score (nSPS) is 13.6. The topological polar surface area (TPSA) is 111 Å². The maximum Gasteiger partial charge on any atom is 0.338 e. The number of carbonyl (C=O) groups is 1. The fraction of sp³-hybridized carbons (Fsp3) is 0.211. The predicted molar refractivity (Wildman–Crippen MR) is 97.8 cm³/mol. The average molecular weight is 387 g/mol. The van der Waals surface area contributed by atoms with Crippen molar-refractivity contribution in [3.63, 3.8) is 0 Å². The predicted octanol–water partition coefficient (Wildman–Crippen LogP) is 1.93. The number of fused-ring (bicyclic) bond motifs is 5. The number of rotatable bonds is 4. The summed E-state index contributed by atoms with van der Waals surface area (Å²) in [6.45, 7) is -0.0405. The molecule has 9 heteroatoms. The van der Waals surface area contributed by atoms with Crippen LogP contribution in [0.1, 0.15) is 10.4 Å². The van der Waals surface area contributed by atoms with Gasteiger partial charge in [-0.3, -0.25) is 0 Å². The maximum atomic E-state index is 12.4. The fourth-order valence-electron chi connectivity index (χ4n) is 3.55. The van der Waals surface area contributed by atoms with Gasteiger partial charge < -0.3 is 28.9 Å². The number of hydrogen-bond acceptors (Lipinski definition) is 8. The van der Waals surface area contributed by atoms with Crippen LogP contribution in [-0.4, -0.2) is 39.3 Å². The van der Waals surface area contributed by atoms with Crippen molar-refractivity contribution >= 4 is 33.2 Å². The average Bonchev–Trinajstić information content (AvgIpc) is 3.18. The molecule has 28 heavy (non-hydrogen) atoms. The third kappa shape index (κ3) is 2.48. The molecule has 1 aliphatic heterocycles. The van der Waals surface area contributed by atoms with Gasteiger partial charge >= 0.3 is 5.97 Å². The molecule has 0 amide bonds. The lowest BCUT2D eigenvalue weighted by Crippen LogP contribution is -2.99. The molecule has 0 aromatic heterocycles. The van der Waals surface area contributed by atoms with Gasteiger partial charge in [-0.2, -0.15) is 5.23 Å². The standard InChI is InChI=1S/C19H17NO8/c1-24-13-5-4-9-10(17(13)25-2)6-12(20(22)23)15-11(19(21)26-3)7-14-18(16(9)15)28-8-27-14/h4-7,20,22H,8H2,1-3H3. The molecule has 1 atom stereocenters. The molecule has 1 heterocycles. The van der Waals surface area contributed by atoms with Crippen molar-refractivity contribution in [3.05, 3.63) is 35.0 Å². The maximum absolute atomic E-state index is 12.4. The second-order valence-electron chi connectivity index (χ2n) is 6.02. The summed E-state index contributed by atoms with van der Waals surface area (Å²) in [6, 6.07) is 6.35. The summed E-state index contributed by atoms with van der Waals surface area (Å²) in [5.74, 6) is 0.851. The molecule has 0 fully saturated rings. The van der Waals surface area contributed by atoms with E-state index in [-0.39, 0.29) is 23.4 Å². The highest BCUT2D eigenvalue weighted by atomic mass is 16.8. The molecule has 146 valence electrons. The van der Waals surface area contributed by atoms with Crippen molar-refractivity contribution in [2.75, 3.05) is 28.1 Å². The second-order valence-corrected chi connectivity index (χ2v) is 6.02. The first-order chi connectivity index (χ1) is 13.5. The first-order valence-electron chi connectivity index (χ1n) is 8.27. The Morgan fingerprint density at radius 3 is 2.54 bits per heavy atom. The number of methoxy groups -OCH3 is 3. The molecule has 3 aromatic carbocycles. The minimum atomic E-state index is -1.21. The third-order valence-corrected chi connectivity index (χ3v) is 4.71. The van der Waals surface area contributed by atoms with Gasteiger partial charge in [-0.25, -0.2) is 10.0 Å². The van der Waals surface area contributed by atoms with Crippen molar-refractivity contribution < 1.29 is 38.9 Å². The lowest BCUT2D eigenvalue weighted by atomic mass is 9.94. The van der Waals surface area contributed by atoms with Gasteiger partial charge in [-0.15, -0.1) is 0 Å². The van der Waals surface area contributed by atoms with Crippen molar-refractivity contribution in [2.24, 2.45) is 0 Å². The Morgan fingerprint density at radius 1 is 1.11 bits per heavy atom. The van der Waals surface area contributed by atoms with E-state index in [1.54, 1.807) is 12.1 Å². The lowest BCUT2D eigenvalue weighted by molar-refractivity contribution is -0.990. The Balaban J connectivity index is 2.28. The minimum Gasteiger partial charge on any atom is -0.595 e. The molecule has 0 saturated carbocycles. The molecular formula is C19H17NO8. The van der Waals surface area contributed by atoms with Crippen LogP contribution in [0.5, 0.6) is 23.0 Å². The number of quaternary nitrogens is 1. The molecule has 1 unspecified atom stereocenters. The zero-order valence-electron chi connectivity index (χ0n) is 15.3. The van der Waals surface area contributed by atoms with E-state index in [1.807, 2.05) is 0 Å². The van der Waals surface area contributed by atoms with E-state index in [9.17, 15) is 15.2 Å². The monoisotopic (exact) mass is 387 g/mol. The van der Waals surface area contributed by atoms with Crippen molar-refractivity contribution in [1.29, 1.82) is 0 Å². The van der Waals surface area contributed by atoms with Crippen LogP contribution in [0, 0.1) is 5.21 Å². The first kappa shape index (κ1) is 18.1. The fourth-order valence-corrected chi connectivity index (χ4v) is 3.55. The highest BCUT2D eigenvalue weighted by molar-refractivity contribution is 6.22. The van der Waals surface area contributed by atoms with E-state index >= 15 is 0 Å². The van der Waals surface area contributed by atoms with Gasteiger partial charge in [0.1, 0.15) is 0 Å². The van der Waals surface area contributed by atoms with Gasteiger partial charge in [0.15, 0.2) is 28.7 Å². The molecule has 4 rings (SSSR count). The van der Waals surface area contributed by atoms with E-state index in [0.717, 1.165) is 0 Å². The number of esters is 1. The van der Waals surface area contributed by atoms with Crippen LogP contribution in [0.2, 0.25) is 0 Å². The van der Waals surface area contributed by atoms with E-state index in [2.05, 4.69) is 0 Å². The molecule has 1 aliphatic rings. The summed E-state index contributed by atoms with van der Waals surface area (Å²) < 4.78 is 26.7. The van der Waals surface area contributed by atoms with Gasteiger partial charge in [-0.1, -0.05) is 0 Å². The quantitative estimate of drug-likeness (QED) is 0.397. The van der Waals surface area contributed by atoms with Crippen molar-refractivity contribution in [3.8, 4) is 23.0 Å². The van der Waals surface area contributed by atoms with Crippen LogP contribution in [0.25, 0.3) is 21.5 Å². The highest BCUT2D eigenvalue weighted by Crippen LogP contribution is 2.49. The molecule has 0 spiro atoms. The number of hydrogen-bond donors (Lipinski definition) is 2. The van der Waals surface area contributed by atoms with Gasteiger partial charge in [0.05, 0.1) is 32.3 Å². The third-order valence-electron chi connectivity index (χ3n) is 4.71. The Kier molecular flexibility index (Phi) is 4.34. The van der Waals surface area contributed by atoms with Crippen molar-refractivity contribution in [2.45, 2.75) is 0 Å². The molecule has 0 aliphatic carbocycles. The number of benzene rings is 3. The molecular weight excluding hydrogens is 370 g/mol. The van der Waals surface area contributed by atoms with E-state index in [0.29, 0.717) is 39.2 Å². The number of nitrogens with one attached hydrogen (secondary N) is 1. The Hall–Kier alpha value is -3.27. The smallest absolute Gasteiger partial charge is 0.338 e. The second kappa shape index (κ2) is 6.71. The van der Waals surface area contributed by atoms with E-state index < -0.39 is 11.2 Å². The molecule has 3 aromatic rings. The molecule has 0 radical (unpaired) electrons. The van der Waals surface area contributed by atoms with E-state index in [1.165, 1.54) is 33.5 Å². The zero-order valence-corrected chi connectivity index (χ0v) is 15.3. The van der Waals surface area contributed by atoms with Crippen LogP contribution in [-0.2, 0) is 4.74 Å². The van der Waals surface area contributed by atoms with Crippen molar-refractivity contribution in [1.82, 2.24) is 0 Å². The summed E-state index contributed by atoms with van der Waals surface area (Å²) in [5.41, 5.74) is -0.0106. The minimum absolute atomic E-state index is 0.0405. The summed E-state index contributed by atoms with van der Waals surface area (Å²) in [5, 5.41) is 22.5. The van der Waals surface area contributed by atoms with Gasteiger partial charge in [0.25, 0.3) is 0 Å². The largest absolute Gasteiger partial charge is 0.595 e. The Morgan fingerprint density at radius 2 is 1.89 bits per heavy atom. The van der Waals surface area contributed by atoms with Crippen LogP contribution >= 0.6 is 0 Å². The summed E-state index contributed by atoms with van der Waals surface area (Å²) in [6.07, 6.45) is 0. The van der Waals surface area contributed by atoms with E-state index in [4.69, 9.17) is 23.7 Å². The molecule has 2 N–H and O–H groups in total. The lowest BCUT2D eigenvalue weighted by Gasteiger charge is -2.20. The van der Waals surface area contributed by atoms with Gasteiger partial charge in [-0.05, 0) is 23.6 Å². The number of ether oxygens (including phenoxy) is 5. The molecule has 0 saturated heterocycles. The van der Waals surface area contributed by atoms with Crippen LogP contribution in [0.3, 0.4) is 0 Å². The Labute approximate surface area is 159 Å². The SMILES string of the molecule is COC(=O)c1cc2c(c3c1c([NH+]([O-])O)cc1c(OC)c(OC)ccc13)OCO2. The van der Waals surface area contributed by atoms with Crippen LogP contribution in [0.15, 0.2) is 24.3 Å². The summed E-state index contributed by atoms with van der Waals surface area (Å²) >= 11 is 0. The summed E-state index contributed by atoms with van der Waals surface area (Å²) in [7, 11) is 4.19. The Bertz CT molecular complexity index is 1110. The van der Waals surface area contributed by atoms with Crippen LogP contribution < -0.4 is 24.2 Å².